The van der Waals surface area contributed by atoms with Gasteiger partial charge in [0.15, 0.2) is 5.96 Å². The molecule has 1 fully saturated rings. The quantitative estimate of drug-likeness (QED) is 0.391. The number of hydrogen-bond donors (Lipinski definition) is 2. The molecule has 1 atom stereocenters. The van der Waals surface area contributed by atoms with Crippen LogP contribution in [0.15, 0.2) is 27.6 Å². The SMILES string of the molecule is CN=C(NCc1nc(C)c(C)o1)NC1CCN(c2c(F)cccc2F)C1.I. The zero-order valence-corrected chi connectivity index (χ0v) is 17.9. The Morgan fingerprint density at radius 1 is 1.33 bits per heavy atom. The maximum atomic E-state index is 13.9. The minimum Gasteiger partial charge on any atom is -0.444 e. The van der Waals surface area contributed by atoms with Gasteiger partial charge >= 0.3 is 0 Å². The Morgan fingerprint density at radius 2 is 2.04 bits per heavy atom. The third kappa shape index (κ3) is 5.08. The second-order valence-electron chi connectivity index (χ2n) is 6.32. The van der Waals surface area contributed by atoms with E-state index in [-0.39, 0.29) is 35.7 Å². The lowest BCUT2D eigenvalue weighted by Gasteiger charge is -2.21. The van der Waals surface area contributed by atoms with Crippen molar-refractivity contribution in [3.8, 4) is 0 Å². The molecule has 6 nitrogen and oxygen atoms in total. The molecule has 148 valence electrons. The molecule has 3 rings (SSSR count). The van der Waals surface area contributed by atoms with E-state index in [1.54, 1.807) is 11.9 Å². The summed E-state index contributed by atoms with van der Waals surface area (Å²) in [6.45, 7) is 5.24. The monoisotopic (exact) mass is 491 g/mol. The van der Waals surface area contributed by atoms with Crippen LogP contribution in [-0.2, 0) is 6.54 Å². The van der Waals surface area contributed by atoms with Crippen LogP contribution in [0.25, 0.3) is 0 Å². The molecule has 1 aromatic carbocycles. The minimum absolute atomic E-state index is 0. The fraction of sp³-hybridized carbons (Fsp3) is 0.444. The van der Waals surface area contributed by atoms with Crippen LogP contribution in [-0.4, -0.2) is 37.1 Å². The number of nitrogens with zero attached hydrogens (tertiary/aromatic N) is 3. The van der Waals surface area contributed by atoms with Crippen molar-refractivity contribution in [3.05, 3.63) is 47.2 Å². The molecule has 2 N–H and O–H groups in total. The number of oxazole rings is 1. The van der Waals surface area contributed by atoms with E-state index in [2.05, 4.69) is 20.6 Å². The van der Waals surface area contributed by atoms with Gasteiger partial charge in [0, 0.05) is 26.2 Å². The van der Waals surface area contributed by atoms with Crippen LogP contribution in [0.4, 0.5) is 14.5 Å². The Labute approximate surface area is 174 Å². The molecule has 0 bridgehead atoms. The van der Waals surface area contributed by atoms with Gasteiger partial charge in [-0.15, -0.1) is 24.0 Å². The number of benzene rings is 1. The summed E-state index contributed by atoms with van der Waals surface area (Å²) in [4.78, 5) is 10.2. The Hall–Kier alpha value is -1.91. The van der Waals surface area contributed by atoms with E-state index in [1.165, 1.54) is 18.2 Å². The van der Waals surface area contributed by atoms with Gasteiger partial charge in [0.1, 0.15) is 23.1 Å². The van der Waals surface area contributed by atoms with E-state index >= 15 is 0 Å². The molecular weight excluding hydrogens is 467 g/mol. The molecule has 0 spiro atoms. The first-order valence-electron chi connectivity index (χ1n) is 8.57. The van der Waals surface area contributed by atoms with Crippen LogP contribution < -0.4 is 15.5 Å². The highest BCUT2D eigenvalue weighted by molar-refractivity contribution is 14.0. The number of anilines is 1. The van der Waals surface area contributed by atoms with Gasteiger partial charge in [-0.25, -0.2) is 13.8 Å². The Balaban J connectivity index is 0.00000261. The summed E-state index contributed by atoms with van der Waals surface area (Å²) in [6, 6.07) is 3.96. The fourth-order valence-corrected chi connectivity index (χ4v) is 3.03. The number of hydrogen-bond acceptors (Lipinski definition) is 4. The van der Waals surface area contributed by atoms with Crippen LogP contribution in [0.1, 0.15) is 23.8 Å². The third-order valence-corrected chi connectivity index (χ3v) is 4.49. The summed E-state index contributed by atoms with van der Waals surface area (Å²) < 4.78 is 33.4. The van der Waals surface area contributed by atoms with Gasteiger partial charge in [0.05, 0.1) is 12.2 Å². The van der Waals surface area contributed by atoms with Crippen LogP contribution >= 0.6 is 24.0 Å². The van der Waals surface area contributed by atoms with E-state index < -0.39 is 11.6 Å². The molecule has 0 radical (unpaired) electrons. The Bertz CT molecular complexity index is 771. The molecule has 1 unspecified atom stereocenters. The molecule has 2 aromatic rings. The lowest BCUT2D eigenvalue weighted by atomic mass is 10.2. The number of aliphatic imine (C=N–C) groups is 1. The average molecular weight is 491 g/mol. The summed E-state index contributed by atoms with van der Waals surface area (Å²) >= 11 is 0. The zero-order chi connectivity index (χ0) is 18.7. The predicted octanol–water partition coefficient (Wildman–Crippen LogP) is 3.13. The number of nitrogens with one attached hydrogen (secondary N) is 2. The molecule has 1 saturated heterocycles. The summed E-state index contributed by atoms with van der Waals surface area (Å²) in [5, 5.41) is 6.43. The van der Waals surface area contributed by atoms with Gasteiger partial charge < -0.3 is 20.0 Å². The van der Waals surface area contributed by atoms with Crippen LogP contribution in [0, 0.1) is 25.5 Å². The second kappa shape index (κ2) is 9.34. The van der Waals surface area contributed by atoms with Crippen molar-refractivity contribution in [2.45, 2.75) is 32.9 Å². The van der Waals surface area contributed by atoms with E-state index in [4.69, 9.17) is 4.42 Å². The maximum Gasteiger partial charge on any atom is 0.214 e. The first-order valence-corrected chi connectivity index (χ1v) is 8.57. The van der Waals surface area contributed by atoms with Crippen molar-refractivity contribution in [3.63, 3.8) is 0 Å². The first-order chi connectivity index (χ1) is 12.5. The van der Waals surface area contributed by atoms with Crippen molar-refractivity contribution < 1.29 is 13.2 Å². The molecule has 9 heteroatoms. The molecule has 0 amide bonds. The molecule has 1 aliphatic rings. The molecule has 1 aromatic heterocycles. The van der Waals surface area contributed by atoms with Crippen LogP contribution in [0.3, 0.4) is 0 Å². The van der Waals surface area contributed by atoms with Crippen LogP contribution in [0.2, 0.25) is 0 Å². The average Bonchev–Trinajstić information content (AvgIpc) is 3.18. The Morgan fingerprint density at radius 3 is 2.63 bits per heavy atom. The molecule has 0 aliphatic carbocycles. The van der Waals surface area contributed by atoms with E-state index in [9.17, 15) is 8.78 Å². The van der Waals surface area contributed by atoms with Crippen molar-refractivity contribution in [1.29, 1.82) is 0 Å². The highest BCUT2D eigenvalue weighted by Gasteiger charge is 2.27. The van der Waals surface area contributed by atoms with Crippen LogP contribution in [0.5, 0.6) is 0 Å². The molecule has 2 heterocycles. The third-order valence-electron chi connectivity index (χ3n) is 4.49. The van der Waals surface area contributed by atoms with Gasteiger partial charge in [0.25, 0.3) is 0 Å². The van der Waals surface area contributed by atoms with Crippen molar-refractivity contribution in [2.24, 2.45) is 4.99 Å². The normalized spacial score (nSPS) is 17.0. The summed E-state index contributed by atoms with van der Waals surface area (Å²) in [5.41, 5.74) is 0.897. The van der Waals surface area contributed by atoms with Gasteiger partial charge in [-0.3, -0.25) is 4.99 Å². The minimum atomic E-state index is -0.539. The summed E-state index contributed by atoms with van der Waals surface area (Å²) in [5.74, 6) is 0.900. The van der Waals surface area contributed by atoms with E-state index in [1.807, 2.05) is 13.8 Å². The van der Waals surface area contributed by atoms with Gasteiger partial charge in [-0.05, 0) is 32.4 Å². The number of rotatable bonds is 4. The highest BCUT2D eigenvalue weighted by Crippen LogP contribution is 2.26. The molecular formula is C18H24F2IN5O. The topological polar surface area (TPSA) is 65.7 Å². The zero-order valence-electron chi connectivity index (χ0n) is 15.6. The number of aryl methyl sites for hydroxylation is 2. The number of guanidine groups is 1. The smallest absolute Gasteiger partial charge is 0.214 e. The lowest BCUT2D eigenvalue weighted by molar-refractivity contribution is 0.463. The van der Waals surface area contributed by atoms with Crippen molar-refractivity contribution in [2.75, 3.05) is 25.0 Å². The standard InChI is InChI=1S/C18H23F2N5O.HI/c1-11-12(2)26-16(23-11)9-22-18(21-3)24-13-7-8-25(10-13)17-14(19)5-4-6-15(17)20;/h4-6,13H,7-10H2,1-3H3,(H2,21,22,24);1H. The Kier molecular flexibility index (Phi) is 7.40. The number of halogens is 3. The largest absolute Gasteiger partial charge is 0.444 e. The number of para-hydroxylation sites is 1. The summed E-state index contributed by atoms with van der Waals surface area (Å²) in [6.07, 6.45) is 0.756. The highest BCUT2D eigenvalue weighted by atomic mass is 127. The lowest BCUT2D eigenvalue weighted by Crippen LogP contribution is -2.44. The molecule has 0 saturated carbocycles. The molecule has 27 heavy (non-hydrogen) atoms. The van der Waals surface area contributed by atoms with E-state index in [0.29, 0.717) is 31.5 Å². The fourth-order valence-electron chi connectivity index (χ4n) is 3.03. The summed E-state index contributed by atoms with van der Waals surface area (Å²) in [7, 11) is 1.67. The van der Waals surface area contributed by atoms with Crippen molar-refractivity contribution in [1.82, 2.24) is 15.6 Å². The first kappa shape index (κ1) is 21.4. The predicted molar refractivity (Wildman–Crippen MR) is 112 cm³/mol. The van der Waals surface area contributed by atoms with Gasteiger partial charge in [-0.1, -0.05) is 6.07 Å². The van der Waals surface area contributed by atoms with Gasteiger partial charge in [0.2, 0.25) is 5.89 Å². The molecule has 1 aliphatic heterocycles. The van der Waals surface area contributed by atoms with Gasteiger partial charge in [-0.2, -0.15) is 0 Å². The second-order valence-corrected chi connectivity index (χ2v) is 6.32. The maximum absolute atomic E-state index is 13.9. The van der Waals surface area contributed by atoms with E-state index in [0.717, 1.165) is 17.9 Å². The number of aromatic nitrogens is 1. The van der Waals surface area contributed by atoms with Crippen molar-refractivity contribution >= 4 is 35.6 Å².